The largest absolute Gasteiger partial charge is 0.467 e. The van der Waals surface area contributed by atoms with E-state index in [0.717, 1.165) is 24.1 Å². The lowest BCUT2D eigenvalue weighted by molar-refractivity contribution is -0.144. The van der Waals surface area contributed by atoms with E-state index in [0.29, 0.717) is 0 Å². The van der Waals surface area contributed by atoms with Gasteiger partial charge in [-0.25, -0.2) is 9.59 Å². The zero-order valence-electron chi connectivity index (χ0n) is 13.1. The molecule has 1 aromatic carbocycles. The van der Waals surface area contributed by atoms with Crippen molar-refractivity contribution in [3.8, 4) is 0 Å². The van der Waals surface area contributed by atoms with Gasteiger partial charge in [0.05, 0.1) is 7.11 Å². The van der Waals surface area contributed by atoms with Crippen LogP contribution < -0.4 is 10.6 Å². The van der Waals surface area contributed by atoms with Gasteiger partial charge in [-0.2, -0.15) is 0 Å². The SMILES string of the molecule is CCc1ccccc1NC(=O)N[C@@H](C(=O)OC)[C@@H](C)CC. The van der Waals surface area contributed by atoms with Crippen molar-refractivity contribution in [2.45, 2.75) is 39.7 Å². The van der Waals surface area contributed by atoms with E-state index in [-0.39, 0.29) is 5.92 Å². The molecule has 1 rings (SSSR count). The van der Waals surface area contributed by atoms with Gasteiger partial charge < -0.3 is 15.4 Å². The highest BCUT2D eigenvalue weighted by molar-refractivity contribution is 5.93. The van der Waals surface area contributed by atoms with Crippen LogP contribution in [0.4, 0.5) is 10.5 Å². The van der Waals surface area contributed by atoms with Crippen LogP contribution in [0.2, 0.25) is 0 Å². The van der Waals surface area contributed by atoms with Crippen molar-refractivity contribution in [2.75, 3.05) is 12.4 Å². The fourth-order valence-corrected chi connectivity index (χ4v) is 2.05. The third-order valence-electron chi connectivity index (χ3n) is 3.60. The van der Waals surface area contributed by atoms with Crippen molar-refractivity contribution < 1.29 is 14.3 Å². The maximum absolute atomic E-state index is 12.1. The Morgan fingerprint density at radius 1 is 1.24 bits per heavy atom. The highest BCUT2D eigenvalue weighted by Gasteiger charge is 2.26. The zero-order valence-corrected chi connectivity index (χ0v) is 13.1. The number of ether oxygens (including phenoxy) is 1. The summed E-state index contributed by atoms with van der Waals surface area (Å²) in [6.45, 7) is 5.89. The normalized spacial score (nSPS) is 13.1. The molecule has 0 saturated heterocycles. The Hall–Kier alpha value is -2.04. The van der Waals surface area contributed by atoms with Crippen LogP contribution in [0.5, 0.6) is 0 Å². The van der Waals surface area contributed by atoms with Crippen LogP contribution in [0.3, 0.4) is 0 Å². The molecule has 0 saturated carbocycles. The molecule has 0 aliphatic heterocycles. The van der Waals surface area contributed by atoms with Gasteiger partial charge in [-0.05, 0) is 24.0 Å². The summed E-state index contributed by atoms with van der Waals surface area (Å²) in [4.78, 5) is 23.9. The quantitative estimate of drug-likeness (QED) is 0.792. The number of para-hydroxylation sites is 1. The summed E-state index contributed by atoms with van der Waals surface area (Å²) in [5.41, 5.74) is 1.80. The topological polar surface area (TPSA) is 67.4 Å². The van der Waals surface area contributed by atoms with Crippen molar-refractivity contribution in [3.63, 3.8) is 0 Å². The molecule has 2 atom stereocenters. The number of amides is 2. The fourth-order valence-electron chi connectivity index (χ4n) is 2.05. The summed E-state index contributed by atoms with van der Waals surface area (Å²) in [7, 11) is 1.32. The second-order valence-electron chi connectivity index (χ2n) is 5.00. The van der Waals surface area contributed by atoms with Crippen LogP contribution in [0.1, 0.15) is 32.8 Å². The molecular weight excluding hydrogens is 268 g/mol. The molecule has 0 aromatic heterocycles. The summed E-state index contributed by atoms with van der Waals surface area (Å²) < 4.78 is 4.75. The molecule has 2 N–H and O–H groups in total. The average molecular weight is 292 g/mol. The van der Waals surface area contributed by atoms with E-state index in [4.69, 9.17) is 4.74 Å². The van der Waals surface area contributed by atoms with E-state index in [1.165, 1.54) is 7.11 Å². The number of hydrogen-bond donors (Lipinski definition) is 2. The number of methoxy groups -OCH3 is 1. The maximum Gasteiger partial charge on any atom is 0.328 e. The van der Waals surface area contributed by atoms with Gasteiger partial charge in [0, 0.05) is 5.69 Å². The number of urea groups is 1. The van der Waals surface area contributed by atoms with Crippen LogP contribution >= 0.6 is 0 Å². The lowest BCUT2D eigenvalue weighted by Gasteiger charge is -2.22. The number of anilines is 1. The van der Waals surface area contributed by atoms with E-state index in [1.54, 1.807) is 0 Å². The molecule has 0 aliphatic carbocycles. The predicted octanol–water partition coefficient (Wildman–Crippen LogP) is 2.96. The smallest absolute Gasteiger partial charge is 0.328 e. The molecule has 0 aliphatic rings. The van der Waals surface area contributed by atoms with Crippen LogP contribution in [0.25, 0.3) is 0 Å². The number of hydrogen-bond acceptors (Lipinski definition) is 3. The Morgan fingerprint density at radius 3 is 2.48 bits per heavy atom. The van der Waals surface area contributed by atoms with Crippen molar-refractivity contribution >= 4 is 17.7 Å². The van der Waals surface area contributed by atoms with E-state index >= 15 is 0 Å². The summed E-state index contributed by atoms with van der Waals surface area (Å²) in [5.74, 6) is -0.423. The highest BCUT2D eigenvalue weighted by atomic mass is 16.5. The van der Waals surface area contributed by atoms with E-state index in [2.05, 4.69) is 10.6 Å². The van der Waals surface area contributed by atoms with Gasteiger partial charge in [0.2, 0.25) is 0 Å². The maximum atomic E-state index is 12.1. The summed E-state index contributed by atoms with van der Waals surface area (Å²) in [6, 6.07) is 6.55. The van der Waals surface area contributed by atoms with Gasteiger partial charge in [0.25, 0.3) is 0 Å². The first-order valence-corrected chi connectivity index (χ1v) is 7.26. The molecule has 0 radical (unpaired) electrons. The monoisotopic (exact) mass is 292 g/mol. The molecule has 0 heterocycles. The minimum atomic E-state index is -0.645. The van der Waals surface area contributed by atoms with E-state index in [1.807, 2.05) is 45.0 Å². The molecule has 5 heteroatoms. The zero-order chi connectivity index (χ0) is 15.8. The van der Waals surface area contributed by atoms with Crippen LogP contribution in [-0.4, -0.2) is 25.2 Å². The van der Waals surface area contributed by atoms with Gasteiger partial charge in [-0.3, -0.25) is 0 Å². The third kappa shape index (κ3) is 4.77. The predicted molar refractivity (Wildman–Crippen MR) is 83.2 cm³/mol. The third-order valence-corrected chi connectivity index (χ3v) is 3.60. The lowest BCUT2D eigenvalue weighted by atomic mass is 9.99. The molecule has 116 valence electrons. The average Bonchev–Trinajstić information content (AvgIpc) is 2.51. The molecule has 5 nitrogen and oxygen atoms in total. The van der Waals surface area contributed by atoms with Crippen molar-refractivity contribution in [1.29, 1.82) is 0 Å². The molecule has 0 spiro atoms. The first kappa shape index (κ1) is 17.0. The minimum absolute atomic E-state index is 0.00428. The highest BCUT2D eigenvalue weighted by Crippen LogP contribution is 2.16. The Bertz CT molecular complexity index is 488. The second kappa shape index (κ2) is 8.29. The van der Waals surface area contributed by atoms with Gasteiger partial charge in [0.15, 0.2) is 0 Å². The summed E-state index contributed by atoms with van der Waals surface area (Å²) in [6.07, 6.45) is 1.59. The Kier molecular flexibility index (Phi) is 6.72. The Balaban J connectivity index is 2.76. The molecule has 21 heavy (non-hydrogen) atoms. The molecule has 0 fully saturated rings. The van der Waals surface area contributed by atoms with Crippen LogP contribution in [-0.2, 0) is 16.0 Å². The number of carbonyl (C=O) groups is 2. The molecule has 1 aromatic rings. The molecule has 0 unspecified atom stereocenters. The first-order chi connectivity index (χ1) is 10.0. The fraction of sp³-hybridized carbons (Fsp3) is 0.500. The lowest BCUT2D eigenvalue weighted by Crippen LogP contribution is -2.47. The van der Waals surface area contributed by atoms with Gasteiger partial charge >= 0.3 is 12.0 Å². The van der Waals surface area contributed by atoms with Crippen molar-refractivity contribution in [3.05, 3.63) is 29.8 Å². The van der Waals surface area contributed by atoms with E-state index < -0.39 is 18.0 Å². The number of nitrogens with one attached hydrogen (secondary N) is 2. The minimum Gasteiger partial charge on any atom is -0.467 e. The summed E-state index contributed by atoms with van der Waals surface area (Å²) in [5, 5.41) is 5.49. The number of benzene rings is 1. The Labute approximate surface area is 126 Å². The second-order valence-corrected chi connectivity index (χ2v) is 5.00. The molecular formula is C16H24N2O3. The molecule has 2 amide bonds. The standard InChI is InChI=1S/C16H24N2O3/c1-5-11(3)14(15(19)21-4)18-16(20)17-13-10-8-7-9-12(13)6-2/h7-11,14H,5-6H2,1-4H3,(H2,17,18,20)/t11-,14+/m0/s1. The molecule has 0 bridgehead atoms. The van der Waals surface area contributed by atoms with Crippen molar-refractivity contribution in [2.24, 2.45) is 5.92 Å². The Morgan fingerprint density at radius 2 is 1.90 bits per heavy atom. The summed E-state index contributed by atoms with van der Waals surface area (Å²) >= 11 is 0. The van der Waals surface area contributed by atoms with Gasteiger partial charge in [-0.15, -0.1) is 0 Å². The van der Waals surface area contributed by atoms with Crippen LogP contribution in [0, 0.1) is 5.92 Å². The number of carbonyl (C=O) groups excluding carboxylic acids is 2. The van der Waals surface area contributed by atoms with E-state index in [9.17, 15) is 9.59 Å². The number of rotatable bonds is 6. The van der Waals surface area contributed by atoms with Crippen LogP contribution in [0.15, 0.2) is 24.3 Å². The van der Waals surface area contributed by atoms with Crippen molar-refractivity contribution in [1.82, 2.24) is 5.32 Å². The number of aryl methyl sites for hydroxylation is 1. The van der Waals surface area contributed by atoms with Gasteiger partial charge in [-0.1, -0.05) is 45.4 Å². The first-order valence-electron chi connectivity index (χ1n) is 7.26. The van der Waals surface area contributed by atoms with Gasteiger partial charge in [0.1, 0.15) is 6.04 Å². The number of esters is 1.